The van der Waals surface area contributed by atoms with Crippen molar-refractivity contribution in [1.82, 2.24) is 20.4 Å². The van der Waals surface area contributed by atoms with Crippen molar-refractivity contribution < 1.29 is 0 Å². The van der Waals surface area contributed by atoms with Crippen LogP contribution in [0.2, 0.25) is 0 Å². The maximum Gasteiger partial charge on any atom is 0.149 e. The molecule has 0 amide bonds. The van der Waals surface area contributed by atoms with E-state index in [-0.39, 0.29) is 0 Å². The van der Waals surface area contributed by atoms with Crippen LogP contribution in [-0.2, 0) is 6.42 Å². The highest BCUT2D eigenvalue weighted by atomic mass is 35.5. The molecule has 2 aromatic rings. The topological polar surface area (TPSA) is 51.6 Å². The molecule has 2 rings (SSSR count). The highest BCUT2D eigenvalue weighted by Crippen LogP contribution is 2.22. The average Bonchev–Trinajstić information content (AvgIpc) is 2.68. The molecule has 0 aliphatic rings. The first-order valence-corrected chi connectivity index (χ1v) is 5.40. The zero-order valence-electron chi connectivity index (χ0n) is 7.22. The van der Waals surface area contributed by atoms with Crippen LogP contribution in [0.15, 0.2) is 18.5 Å². The van der Waals surface area contributed by atoms with Crippen LogP contribution in [0.4, 0.5) is 0 Å². The van der Waals surface area contributed by atoms with Gasteiger partial charge in [-0.1, -0.05) is 11.3 Å². The van der Waals surface area contributed by atoms with Crippen molar-refractivity contribution in [3.8, 4) is 10.6 Å². The number of alkyl halides is 1. The van der Waals surface area contributed by atoms with Crippen molar-refractivity contribution in [2.45, 2.75) is 6.42 Å². The minimum Gasteiger partial charge on any atom is -0.159 e. The van der Waals surface area contributed by atoms with Crippen LogP contribution in [0.1, 0.15) is 5.01 Å². The van der Waals surface area contributed by atoms with Crippen molar-refractivity contribution in [3.63, 3.8) is 0 Å². The average molecular weight is 227 g/mol. The summed E-state index contributed by atoms with van der Waals surface area (Å²) in [5.41, 5.74) is 0.943. The first-order chi connectivity index (χ1) is 6.90. The summed E-state index contributed by atoms with van der Waals surface area (Å²) in [5.74, 6) is 0.573. The molecule has 0 unspecified atom stereocenters. The lowest BCUT2D eigenvalue weighted by Crippen LogP contribution is -1.83. The molecule has 0 atom stereocenters. The Labute approximate surface area is 90.0 Å². The fraction of sp³-hybridized carbons (Fsp3) is 0.250. The zero-order valence-corrected chi connectivity index (χ0v) is 8.79. The number of hydrogen-bond acceptors (Lipinski definition) is 5. The van der Waals surface area contributed by atoms with Crippen LogP contribution in [0.3, 0.4) is 0 Å². The lowest BCUT2D eigenvalue weighted by molar-refractivity contribution is 0.985. The number of nitrogens with zero attached hydrogens (tertiary/aromatic N) is 4. The molecular formula is C8H7ClN4S. The van der Waals surface area contributed by atoms with Crippen LogP contribution in [0, 0.1) is 0 Å². The van der Waals surface area contributed by atoms with Crippen molar-refractivity contribution in [3.05, 3.63) is 23.5 Å². The summed E-state index contributed by atoms with van der Waals surface area (Å²) in [5, 5.41) is 17.4. The third-order valence-corrected chi connectivity index (χ3v) is 2.83. The molecular weight excluding hydrogens is 220 g/mol. The van der Waals surface area contributed by atoms with E-state index in [1.54, 1.807) is 12.4 Å². The summed E-state index contributed by atoms with van der Waals surface area (Å²) >= 11 is 7.14. The largest absolute Gasteiger partial charge is 0.159 e. The maximum atomic E-state index is 5.61. The Morgan fingerprint density at radius 2 is 2.21 bits per heavy atom. The van der Waals surface area contributed by atoms with Crippen LogP contribution < -0.4 is 0 Å². The van der Waals surface area contributed by atoms with E-state index >= 15 is 0 Å². The molecule has 0 spiro atoms. The van der Waals surface area contributed by atoms with Crippen LogP contribution >= 0.6 is 22.9 Å². The molecule has 0 radical (unpaired) electrons. The lowest BCUT2D eigenvalue weighted by atomic mass is 10.3. The van der Waals surface area contributed by atoms with E-state index in [0.29, 0.717) is 5.88 Å². The van der Waals surface area contributed by atoms with Gasteiger partial charge in [0.05, 0.1) is 12.4 Å². The number of rotatable bonds is 3. The molecule has 0 saturated heterocycles. The van der Waals surface area contributed by atoms with Gasteiger partial charge in [-0.3, -0.25) is 0 Å². The summed E-state index contributed by atoms with van der Waals surface area (Å²) in [4.78, 5) is 0. The van der Waals surface area contributed by atoms with Gasteiger partial charge in [-0.25, -0.2) is 0 Å². The highest BCUT2D eigenvalue weighted by Gasteiger charge is 2.05. The second-order valence-electron chi connectivity index (χ2n) is 2.57. The minimum absolute atomic E-state index is 0.573. The summed E-state index contributed by atoms with van der Waals surface area (Å²) < 4.78 is 0. The molecule has 0 saturated carbocycles. The molecule has 0 aliphatic carbocycles. The first kappa shape index (κ1) is 9.48. The van der Waals surface area contributed by atoms with Crippen LogP contribution in [-0.4, -0.2) is 26.3 Å². The third-order valence-electron chi connectivity index (χ3n) is 1.61. The van der Waals surface area contributed by atoms with E-state index in [9.17, 15) is 0 Å². The molecule has 2 heterocycles. The van der Waals surface area contributed by atoms with Gasteiger partial charge in [0.2, 0.25) is 0 Å². The Hall–Kier alpha value is -1.07. The molecule has 0 aromatic carbocycles. The van der Waals surface area contributed by atoms with Gasteiger partial charge in [-0.15, -0.1) is 21.8 Å². The van der Waals surface area contributed by atoms with Gasteiger partial charge >= 0.3 is 0 Å². The number of hydrogen-bond donors (Lipinski definition) is 0. The number of aryl methyl sites for hydroxylation is 1. The Morgan fingerprint density at radius 3 is 2.93 bits per heavy atom. The van der Waals surface area contributed by atoms with Crippen molar-refractivity contribution in [1.29, 1.82) is 0 Å². The molecule has 6 heteroatoms. The molecule has 14 heavy (non-hydrogen) atoms. The SMILES string of the molecule is ClCCc1nnc(-c2ccnnc2)s1. The smallest absolute Gasteiger partial charge is 0.149 e. The van der Waals surface area contributed by atoms with Gasteiger partial charge in [-0.05, 0) is 6.07 Å². The first-order valence-electron chi connectivity index (χ1n) is 4.05. The third kappa shape index (κ3) is 2.05. The van der Waals surface area contributed by atoms with Gasteiger partial charge in [0.25, 0.3) is 0 Å². The van der Waals surface area contributed by atoms with Gasteiger partial charge < -0.3 is 0 Å². The fourth-order valence-electron chi connectivity index (χ4n) is 0.969. The van der Waals surface area contributed by atoms with Gasteiger partial charge in [-0.2, -0.15) is 10.2 Å². The van der Waals surface area contributed by atoms with E-state index in [1.807, 2.05) is 6.07 Å². The van der Waals surface area contributed by atoms with Crippen LogP contribution in [0.25, 0.3) is 10.6 Å². The number of aromatic nitrogens is 4. The Bertz CT molecular complexity index is 403. The lowest BCUT2D eigenvalue weighted by Gasteiger charge is -1.89. The molecule has 0 aliphatic heterocycles. The Morgan fingerprint density at radius 1 is 1.29 bits per heavy atom. The quantitative estimate of drug-likeness (QED) is 0.749. The predicted molar refractivity (Wildman–Crippen MR) is 55.4 cm³/mol. The monoisotopic (exact) mass is 226 g/mol. The van der Waals surface area contributed by atoms with Crippen molar-refractivity contribution in [2.24, 2.45) is 0 Å². The summed E-state index contributed by atoms with van der Waals surface area (Å²) in [6.45, 7) is 0. The van der Waals surface area contributed by atoms with E-state index in [0.717, 1.165) is 22.0 Å². The van der Waals surface area contributed by atoms with E-state index in [2.05, 4.69) is 20.4 Å². The molecule has 0 N–H and O–H groups in total. The Balaban J connectivity index is 2.25. The van der Waals surface area contributed by atoms with E-state index < -0.39 is 0 Å². The van der Waals surface area contributed by atoms with Crippen molar-refractivity contribution in [2.75, 3.05) is 5.88 Å². The molecule has 2 aromatic heterocycles. The van der Waals surface area contributed by atoms with E-state index in [1.165, 1.54) is 11.3 Å². The van der Waals surface area contributed by atoms with E-state index in [4.69, 9.17) is 11.6 Å². The van der Waals surface area contributed by atoms with Crippen molar-refractivity contribution >= 4 is 22.9 Å². The molecule has 0 fully saturated rings. The second kappa shape index (κ2) is 4.43. The van der Waals surface area contributed by atoms with Gasteiger partial charge in [0.15, 0.2) is 0 Å². The number of halogens is 1. The highest BCUT2D eigenvalue weighted by molar-refractivity contribution is 7.14. The molecule has 0 bridgehead atoms. The molecule has 4 nitrogen and oxygen atoms in total. The van der Waals surface area contributed by atoms with Gasteiger partial charge in [0.1, 0.15) is 10.0 Å². The maximum absolute atomic E-state index is 5.61. The predicted octanol–water partition coefficient (Wildman–Crippen LogP) is 1.78. The standard InChI is InChI=1S/C8H7ClN4S/c9-3-1-7-12-13-8(14-7)6-2-4-10-11-5-6/h2,4-5H,1,3H2. The summed E-state index contributed by atoms with van der Waals surface area (Å²) in [6.07, 6.45) is 4.07. The normalized spacial score (nSPS) is 10.4. The minimum atomic E-state index is 0.573. The summed E-state index contributed by atoms with van der Waals surface area (Å²) in [6, 6.07) is 1.86. The zero-order chi connectivity index (χ0) is 9.80. The fourth-order valence-corrected chi connectivity index (χ4v) is 2.09. The second-order valence-corrected chi connectivity index (χ2v) is 4.01. The van der Waals surface area contributed by atoms with Gasteiger partial charge in [0, 0.05) is 17.9 Å². The summed E-state index contributed by atoms with van der Waals surface area (Å²) in [7, 11) is 0. The Kier molecular flexibility index (Phi) is 3.00. The molecule has 72 valence electrons. The van der Waals surface area contributed by atoms with Crippen LogP contribution in [0.5, 0.6) is 0 Å².